The van der Waals surface area contributed by atoms with E-state index in [-0.39, 0.29) is 13.1 Å². The van der Waals surface area contributed by atoms with Gasteiger partial charge in [0.25, 0.3) is 0 Å². The van der Waals surface area contributed by atoms with E-state index in [2.05, 4.69) is 10.6 Å². The van der Waals surface area contributed by atoms with Gasteiger partial charge in [0, 0.05) is 13.1 Å². The smallest absolute Gasteiger partial charge is 0.337 e. The molecule has 0 aliphatic carbocycles. The number of unbranched alkanes of at least 4 members (excludes halogenated alkanes) is 3. The predicted molar refractivity (Wildman–Crippen MR) is 79.9 cm³/mol. The summed E-state index contributed by atoms with van der Waals surface area (Å²) in [7, 11) is 0. The molecule has 0 spiro atoms. The third-order valence-electron chi connectivity index (χ3n) is 2.77. The second-order valence-electron chi connectivity index (χ2n) is 5.08. The fourth-order valence-corrected chi connectivity index (χ4v) is 1.46. The maximum atomic E-state index is 11.9. The fraction of sp³-hybridized carbons (Fsp3) is 0.667. The molecule has 6 N–H and O–H groups in total. The molecule has 0 unspecified atom stereocenters. The Hall–Kier alpha value is -2.94. The summed E-state index contributed by atoms with van der Waals surface area (Å²) in [5.41, 5.74) is 5.37. The molecule has 0 saturated carbocycles. The number of hydrogen-bond donors (Lipinski definition) is 6. The van der Waals surface area contributed by atoms with Crippen LogP contribution >= 0.6 is 0 Å². The zero-order chi connectivity index (χ0) is 21.8. The number of hydrazine groups is 2. The first-order valence-electron chi connectivity index (χ1n) is 7.66. The molecule has 10 nitrogen and oxygen atoms in total. The van der Waals surface area contributed by atoms with E-state index in [9.17, 15) is 45.5 Å². The van der Waals surface area contributed by atoms with E-state index in [1.54, 1.807) is 0 Å². The molecular formula is C12H18F6N6O4. The van der Waals surface area contributed by atoms with Crippen molar-refractivity contribution in [1.82, 2.24) is 32.3 Å². The summed E-state index contributed by atoms with van der Waals surface area (Å²) in [5, 5.41) is 4.39. The molecular weight excluding hydrogens is 406 g/mol. The zero-order valence-electron chi connectivity index (χ0n) is 14.1. The second kappa shape index (κ2) is 11.7. The predicted octanol–water partition coefficient (Wildman–Crippen LogP) is 0.332. The van der Waals surface area contributed by atoms with Crippen molar-refractivity contribution < 1.29 is 45.5 Å². The molecule has 0 aliphatic heterocycles. The third kappa shape index (κ3) is 12.4. The van der Waals surface area contributed by atoms with Crippen molar-refractivity contribution in [2.45, 2.75) is 38.0 Å². The first-order valence-corrected chi connectivity index (χ1v) is 7.66. The summed E-state index contributed by atoms with van der Waals surface area (Å²) >= 11 is 0. The van der Waals surface area contributed by atoms with Crippen LogP contribution in [-0.2, 0) is 9.59 Å². The van der Waals surface area contributed by atoms with Crippen LogP contribution in [0.15, 0.2) is 0 Å². The Kier molecular flexibility index (Phi) is 10.5. The Morgan fingerprint density at radius 1 is 0.536 bits per heavy atom. The van der Waals surface area contributed by atoms with Gasteiger partial charge in [-0.15, -0.1) is 0 Å². The number of halogens is 6. The van der Waals surface area contributed by atoms with E-state index in [1.807, 2.05) is 0 Å². The van der Waals surface area contributed by atoms with Gasteiger partial charge in [-0.1, -0.05) is 12.8 Å². The highest BCUT2D eigenvalue weighted by Gasteiger charge is 2.39. The lowest BCUT2D eigenvalue weighted by Gasteiger charge is -2.11. The maximum Gasteiger partial charge on any atom is 0.472 e. The van der Waals surface area contributed by atoms with Crippen molar-refractivity contribution in [2.75, 3.05) is 13.1 Å². The van der Waals surface area contributed by atoms with Crippen molar-refractivity contribution in [1.29, 1.82) is 0 Å². The van der Waals surface area contributed by atoms with Gasteiger partial charge < -0.3 is 10.6 Å². The van der Waals surface area contributed by atoms with Gasteiger partial charge in [-0.05, 0) is 12.8 Å². The molecule has 6 amide bonds. The van der Waals surface area contributed by atoms with E-state index >= 15 is 0 Å². The molecule has 162 valence electrons. The molecule has 0 aromatic heterocycles. The Labute approximate surface area is 154 Å². The van der Waals surface area contributed by atoms with Crippen LogP contribution in [0.5, 0.6) is 0 Å². The number of rotatable bonds is 7. The minimum Gasteiger partial charge on any atom is -0.337 e. The highest BCUT2D eigenvalue weighted by Crippen LogP contribution is 2.13. The van der Waals surface area contributed by atoms with Crippen LogP contribution in [0.2, 0.25) is 0 Å². The molecule has 0 fully saturated rings. The van der Waals surface area contributed by atoms with E-state index in [0.717, 1.165) is 0 Å². The van der Waals surface area contributed by atoms with Crippen LogP contribution in [-0.4, -0.2) is 49.3 Å². The number of carbonyl (C=O) groups is 4. The quantitative estimate of drug-likeness (QED) is 0.199. The molecule has 16 heteroatoms. The summed E-state index contributed by atoms with van der Waals surface area (Å²) in [6, 6.07) is -2.06. The summed E-state index contributed by atoms with van der Waals surface area (Å²) in [5.74, 6) is -4.64. The van der Waals surface area contributed by atoms with Gasteiger partial charge >= 0.3 is 36.2 Å². The number of nitrogens with one attached hydrogen (secondary N) is 6. The lowest BCUT2D eigenvalue weighted by molar-refractivity contribution is -0.174. The monoisotopic (exact) mass is 424 g/mol. The summed E-state index contributed by atoms with van der Waals surface area (Å²) < 4.78 is 71.1. The van der Waals surface area contributed by atoms with Gasteiger partial charge in [0.1, 0.15) is 0 Å². The molecule has 0 radical (unpaired) electrons. The molecule has 0 aliphatic rings. The van der Waals surface area contributed by atoms with Gasteiger partial charge in [-0.25, -0.2) is 20.4 Å². The van der Waals surface area contributed by atoms with Gasteiger partial charge in [-0.2, -0.15) is 26.3 Å². The van der Waals surface area contributed by atoms with Crippen LogP contribution in [0.1, 0.15) is 25.7 Å². The van der Waals surface area contributed by atoms with Gasteiger partial charge in [0.15, 0.2) is 0 Å². The lowest BCUT2D eigenvalue weighted by atomic mass is 10.2. The van der Waals surface area contributed by atoms with Crippen LogP contribution in [0.25, 0.3) is 0 Å². The molecule has 0 aromatic carbocycles. The van der Waals surface area contributed by atoms with Gasteiger partial charge in [-0.3, -0.25) is 20.4 Å². The highest BCUT2D eigenvalue weighted by molar-refractivity contribution is 5.85. The maximum absolute atomic E-state index is 11.9. The first-order chi connectivity index (χ1) is 12.8. The van der Waals surface area contributed by atoms with Crippen LogP contribution in [0.3, 0.4) is 0 Å². The number of urea groups is 2. The topological polar surface area (TPSA) is 140 Å². The summed E-state index contributed by atoms with van der Waals surface area (Å²) in [6.45, 7) is 0.205. The second-order valence-corrected chi connectivity index (χ2v) is 5.08. The standard InChI is InChI=1S/C12H18F6N6O4/c13-11(14,15)7(25)21-23-9(27)19-5-3-1-2-4-6-20-10(28)24-22-8(26)12(16,17)18/h1-6H2,(H,21,25)(H,22,26)(H2,19,23,27)(H2,20,24,28). The Morgan fingerprint density at radius 3 is 1.14 bits per heavy atom. The van der Waals surface area contributed by atoms with Crippen molar-refractivity contribution in [2.24, 2.45) is 0 Å². The zero-order valence-corrected chi connectivity index (χ0v) is 14.1. The fourth-order valence-electron chi connectivity index (χ4n) is 1.46. The van der Waals surface area contributed by atoms with E-state index in [0.29, 0.717) is 25.7 Å². The summed E-state index contributed by atoms with van der Waals surface area (Å²) in [4.78, 5) is 43.1. The Morgan fingerprint density at radius 2 is 0.857 bits per heavy atom. The number of carbonyl (C=O) groups excluding carboxylic acids is 4. The van der Waals surface area contributed by atoms with Crippen molar-refractivity contribution in [3.05, 3.63) is 0 Å². The normalized spacial score (nSPS) is 11.2. The molecule has 28 heavy (non-hydrogen) atoms. The molecule has 0 bridgehead atoms. The Bertz CT molecular complexity index is 506. The minimum atomic E-state index is -5.12. The molecule has 0 heterocycles. The van der Waals surface area contributed by atoms with Crippen LogP contribution in [0, 0.1) is 0 Å². The van der Waals surface area contributed by atoms with Gasteiger partial charge in [0.2, 0.25) is 0 Å². The lowest BCUT2D eigenvalue weighted by Crippen LogP contribution is -2.51. The number of alkyl halides is 6. The van der Waals surface area contributed by atoms with E-state index < -0.39 is 36.2 Å². The van der Waals surface area contributed by atoms with Crippen molar-refractivity contribution in [3.8, 4) is 0 Å². The van der Waals surface area contributed by atoms with Crippen molar-refractivity contribution >= 4 is 23.9 Å². The Balaban J connectivity index is 3.60. The van der Waals surface area contributed by atoms with E-state index in [4.69, 9.17) is 0 Å². The first kappa shape index (κ1) is 25.1. The van der Waals surface area contributed by atoms with Crippen molar-refractivity contribution in [3.63, 3.8) is 0 Å². The van der Waals surface area contributed by atoms with Gasteiger partial charge in [0.05, 0.1) is 0 Å². The average molecular weight is 424 g/mol. The molecule has 0 rings (SSSR count). The SMILES string of the molecule is O=C(NCCCCCCNC(=O)NNC(=O)C(F)(F)F)NNC(=O)C(F)(F)F. The summed E-state index contributed by atoms with van der Waals surface area (Å²) in [6.07, 6.45) is -8.25. The van der Waals surface area contributed by atoms with Crippen LogP contribution < -0.4 is 32.3 Å². The molecule has 0 saturated heterocycles. The number of amides is 6. The average Bonchev–Trinajstić information content (AvgIpc) is 2.57. The molecule has 0 aromatic rings. The van der Waals surface area contributed by atoms with Crippen LogP contribution in [0.4, 0.5) is 35.9 Å². The highest BCUT2D eigenvalue weighted by atomic mass is 19.4. The van der Waals surface area contributed by atoms with E-state index in [1.165, 1.54) is 21.7 Å². The third-order valence-corrected chi connectivity index (χ3v) is 2.77. The molecule has 0 atom stereocenters. The largest absolute Gasteiger partial charge is 0.472 e. The minimum absolute atomic E-state index is 0.102. The number of hydrogen-bond acceptors (Lipinski definition) is 4.